The Morgan fingerprint density at radius 3 is 2.50 bits per heavy atom. The summed E-state index contributed by atoms with van der Waals surface area (Å²) in [7, 11) is 0. The molecule has 3 heterocycles. The summed E-state index contributed by atoms with van der Waals surface area (Å²) in [5, 5.41) is 13.7. The summed E-state index contributed by atoms with van der Waals surface area (Å²) in [4.78, 5) is 30.4. The lowest BCUT2D eigenvalue weighted by Gasteiger charge is -2.23. The molecule has 3 aromatic heterocycles. The quantitative estimate of drug-likeness (QED) is 0.690. The molecular formula is C20H23N3O5. The van der Waals surface area contributed by atoms with E-state index in [0.29, 0.717) is 34.6 Å². The summed E-state index contributed by atoms with van der Waals surface area (Å²) in [5.41, 5.74) is 2.34. The Balaban J connectivity index is 2.17. The predicted octanol–water partition coefficient (Wildman–Crippen LogP) is 3.59. The van der Waals surface area contributed by atoms with Gasteiger partial charge < -0.3 is 18.9 Å². The van der Waals surface area contributed by atoms with Crippen molar-refractivity contribution in [2.24, 2.45) is 5.92 Å². The Morgan fingerprint density at radius 2 is 1.93 bits per heavy atom. The fourth-order valence-electron chi connectivity index (χ4n) is 3.28. The minimum atomic E-state index is -1.07. The fourth-order valence-corrected chi connectivity index (χ4v) is 3.28. The van der Waals surface area contributed by atoms with E-state index >= 15 is 0 Å². The third-order valence-electron chi connectivity index (χ3n) is 4.36. The number of aromatic nitrogens is 2. The first kappa shape index (κ1) is 19.6. The van der Waals surface area contributed by atoms with Gasteiger partial charge in [0.15, 0.2) is 0 Å². The third-order valence-corrected chi connectivity index (χ3v) is 4.36. The van der Waals surface area contributed by atoms with Gasteiger partial charge in [0.25, 0.3) is 11.6 Å². The van der Waals surface area contributed by atoms with Gasteiger partial charge in [-0.05, 0) is 38.8 Å². The Labute approximate surface area is 162 Å². The van der Waals surface area contributed by atoms with Gasteiger partial charge in [-0.2, -0.15) is 0 Å². The van der Waals surface area contributed by atoms with Crippen LogP contribution >= 0.6 is 0 Å². The highest BCUT2D eigenvalue weighted by Crippen LogP contribution is 2.31. The number of hydrogen-bond acceptors (Lipinski definition) is 6. The van der Waals surface area contributed by atoms with Crippen LogP contribution < -0.4 is 0 Å². The van der Waals surface area contributed by atoms with Crippen LogP contribution in [0.3, 0.4) is 0 Å². The number of aliphatic carboxylic acids is 1. The summed E-state index contributed by atoms with van der Waals surface area (Å²) in [6, 6.07) is 3.49. The number of carbonyl (C=O) groups is 2. The Hall–Kier alpha value is -3.16. The maximum absolute atomic E-state index is 13.3. The van der Waals surface area contributed by atoms with Crippen molar-refractivity contribution in [3.8, 4) is 11.3 Å². The van der Waals surface area contributed by atoms with Gasteiger partial charge in [-0.15, -0.1) is 0 Å². The van der Waals surface area contributed by atoms with Gasteiger partial charge in [-0.25, -0.2) is 4.98 Å². The number of nitrogens with zero attached hydrogens (tertiary/aromatic N) is 3. The standard InChI is InChI=1S/C20H23N3O5/c1-10(2)8-23(9-17(24)25)20(26)15-7-16(14-6-11(3)27-13(14)5)21-19-18(15)12(4)22-28-19/h6-7,10H,8-9H2,1-5H3,(H,24,25). The molecule has 0 atom stereocenters. The van der Waals surface area contributed by atoms with Gasteiger partial charge in [0, 0.05) is 12.1 Å². The predicted molar refractivity (Wildman–Crippen MR) is 102 cm³/mol. The van der Waals surface area contributed by atoms with Crippen molar-refractivity contribution in [2.75, 3.05) is 13.1 Å². The lowest BCUT2D eigenvalue weighted by Crippen LogP contribution is -2.38. The van der Waals surface area contributed by atoms with Crippen molar-refractivity contribution in [1.29, 1.82) is 0 Å². The van der Waals surface area contributed by atoms with Gasteiger partial charge in [0.2, 0.25) is 0 Å². The lowest BCUT2D eigenvalue weighted by atomic mass is 10.0. The fraction of sp³-hybridized carbons (Fsp3) is 0.400. The highest BCUT2D eigenvalue weighted by molar-refractivity contribution is 6.07. The zero-order valence-electron chi connectivity index (χ0n) is 16.6. The van der Waals surface area contributed by atoms with Crippen LogP contribution in [0.5, 0.6) is 0 Å². The molecule has 3 rings (SSSR count). The minimum absolute atomic E-state index is 0.113. The van der Waals surface area contributed by atoms with E-state index < -0.39 is 11.9 Å². The van der Waals surface area contributed by atoms with Crippen molar-refractivity contribution in [1.82, 2.24) is 15.0 Å². The molecule has 0 aliphatic heterocycles. The first-order chi connectivity index (χ1) is 13.2. The Morgan fingerprint density at radius 1 is 1.21 bits per heavy atom. The van der Waals surface area contributed by atoms with E-state index in [-0.39, 0.29) is 18.2 Å². The molecule has 0 unspecified atom stereocenters. The van der Waals surface area contributed by atoms with Crippen LogP contribution in [0, 0.1) is 26.7 Å². The maximum atomic E-state index is 13.3. The van der Waals surface area contributed by atoms with Gasteiger partial charge in [0.05, 0.1) is 22.3 Å². The average Bonchev–Trinajstić information content (AvgIpc) is 3.14. The SMILES string of the molecule is Cc1cc(-c2cc(C(=O)N(CC(=O)O)CC(C)C)c3c(C)noc3n2)c(C)o1. The van der Waals surface area contributed by atoms with Crippen LogP contribution in [-0.4, -0.2) is 45.1 Å². The molecule has 0 saturated carbocycles. The van der Waals surface area contributed by atoms with Crippen molar-refractivity contribution in [2.45, 2.75) is 34.6 Å². The zero-order chi connectivity index (χ0) is 20.6. The first-order valence-electron chi connectivity index (χ1n) is 9.02. The third kappa shape index (κ3) is 3.76. The molecule has 1 amide bonds. The monoisotopic (exact) mass is 385 g/mol. The van der Waals surface area contributed by atoms with Crippen LogP contribution in [0.2, 0.25) is 0 Å². The highest BCUT2D eigenvalue weighted by Gasteiger charge is 2.26. The molecule has 0 aliphatic rings. The summed E-state index contributed by atoms with van der Waals surface area (Å²) < 4.78 is 10.9. The number of rotatable bonds is 6. The molecule has 148 valence electrons. The molecule has 0 saturated heterocycles. The number of aryl methyl sites for hydroxylation is 3. The van der Waals surface area contributed by atoms with Gasteiger partial charge >= 0.3 is 5.97 Å². The molecular weight excluding hydrogens is 362 g/mol. The molecule has 0 spiro atoms. The van der Waals surface area contributed by atoms with Crippen LogP contribution in [0.4, 0.5) is 0 Å². The summed E-state index contributed by atoms with van der Waals surface area (Å²) in [6.45, 7) is 9.16. The summed E-state index contributed by atoms with van der Waals surface area (Å²) in [5.74, 6) is 0.0473. The molecule has 1 N–H and O–H groups in total. The average molecular weight is 385 g/mol. The van der Waals surface area contributed by atoms with Crippen molar-refractivity contribution in [3.63, 3.8) is 0 Å². The summed E-state index contributed by atoms with van der Waals surface area (Å²) in [6.07, 6.45) is 0. The number of hydrogen-bond donors (Lipinski definition) is 1. The van der Waals surface area contributed by atoms with Crippen molar-refractivity contribution < 1.29 is 23.6 Å². The smallest absolute Gasteiger partial charge is 0.323 e. The normalized spacial score (nSPS) is 11.4. The molecule has 3 aromatic rings. The zero-order valence-corrected chi connectivity index (χ0v) is 16.6. The Bertz CT molecular complexity index is 1050. The molecule has 8 heteroatoms. The lowest BCUT2D eigenvalue weighted by molar-refractivity contribution is -0.137. The number of carbonyl (C=O) groups excluding carboxylic acids is 1. The van der Waals surface area contributed by atoms with E-state index in [1.54, 1.807) is 13.0 Å². The number of amides is 1. The number of furan rings is 1. The van der Waals surface area contributed by atoms with Crippen LogP contribution in [-0.2, 0) is 4.79 Å². The van der Waals surface area contributed by atoms with Gasteiger partial charge in [-0.1, -0.05) is 19.0 Å². The molecule has 28 heavy (non-hydrogen) atoms. The van der Waals surface area contributed by atoms with E-state index in [9.17, 15) is 14.7 Å². The van der Waals surface area contributed by atoms with E-state index in [0.717, 1.165) is 11.3 Å². The minimum Gasteiger partial charge on any atom is -0.480 e. The van der Waals surface area contributed by atoms with Gasteiger partial charge in [-0.3, -0.25) is 9.59 Å². The van der Waals surface area contributed by atoms with Crippen molar-refractivity contribution in [3.05, 3.63) is 34.9 Å². The summed E-state index contributed by atoms with van der Waals surface area (Å²) >= 11 is 0. The number of carboxylic acids is 1. The van der Waals surface area contributed by atoms with Crippen LogP contribution in [0.1, 0.15) is 41.4 Å². The molecule has 0 radical (unpaired) electrons. The number of pyridine rings is 1. The van der Waals surface area contributed by atoms with E-state index in [1.807, 2.05) is 33.8 Å². The molecule has 8 nitrogen and oxygen atoms in total. The second-order valence-electron chi connectivity index (χ2n) is 7.30. The largest absolute Gasteiger partial charge is 0.480 e. The molecule has 0 aliphatic carbocycles. The second kappa shape index (κ2) is 7.46. The molecule has 0 aromatic carbocycles. The number of carboxylic acid groups (broad SMARTS) is 1. The van der Waals surface area contributed by atoms with E-state index in [4.69, 9.17) is 8.94 Å². The molecule has 0 fully saturated rings. The maximum Gasteiger partial charge on any atom is 0.323 e. The van der Waals surface area contributed by atoms with Gasteiger partial charge in [0.1, 0.15) is 18.1 Å². The van der Waals surface area contributed by atoms with E-state index in [1.165, 1.54) is 4.90 Å². The second-order valence-corrected chi connectivity index (χ2v) is 7.30. The Kier molecular flexibility index (Phi) is 5.22. The number of fused-ring (bicyclic) bond motifs is 1. The highest BCUT2D eigenvalue weighted by atomic mass is 16.5. The molecule has 0 bridgehead atoms. The topological polar surface area (TPSA) is 110 Å². The van der Waals surface area contributed by atoms with Crippen LogP contribution in [0.25, 0.3) is 22.4 Å². The first-order valence-corrected chi connectivity index (χ1v) is 9.02. The van der Waals surface area contributed by atoms with Crippen molar-refractivity contribution >= 4 is 23.0 Å². The van der Waals surface area contributed by atoms with Crippen LogP contribution in [0.15, 0.2) is 21.1 Å². The van der Waals surface area contributed by atoms with E-state index in [2.05, 4.69) is 10.1 Å².